The van der Waals surface area contributed by atoms with Gasteiger partial charge in [-0.15, -0.1) is 0 Å². The van der Waals surface area contributed by atoms with E-state index in [1.807, 2.05) is 11.0 Å². The molecule has 4 heterocycles. The fourth-order valence-electron chi connectivity index (χ4n) is 3.29. The minimum absolute atomic E-state index is 0.192. The topological polar surface area (TPSA) is 106 Å². The molecule has 0 saturated carbocycles. The molecule has 2 atom stereocenters. The maximum absolute atomic E-state index is 13.1. The highest BCUT2D eigenvalue weighted by molar-refractivity contribution is 8.13. The van der Waals surface area contributed by atoms with E-state index in [0.29, 0.717) is 29.9 Å². The number of amidine groups is 1. The SMILES string of the molecule is NC1=NC2(c3cc(N)ccn3)CN(c3ncc(F)cn3)CC2CS1. The minimum Gasteiger partial charge on any atom is -0.399 e. The molecule has 2 aromatic heterocycles. The van der Waals surface area contributed by atoms with Gasteiger partial charge in [-0.3, -0.25) is 4.98 Å². The molecule has 0 bridgehead atoms. The number of nitrogens with two attached hydrogens (primary N) is 2. The summed E-state index contributed by atoms with van der Waals surface area (Å²) >= 11 is 1.53. The summed E-state index contributed by atoms with van der Waals surface area (Å²) < 4.78 is 13.1. The van der Waals surface area contributed by atoms with Crippen LogP contribution in [-0.2, 0) is 5.54 Å². The Balaban J connectivity index is 1.76. The van der Waals surface area contributed by atoms with E-state index in [2.05, 4.69) is 15.0 Å². The molecular weight excluding hydrogens is 329 g/mol. The fraction of sp³-hybridized carbons (Fsp3) is 0.333. The first kappa shape index (κ1) is 15.1. The molecule has 24 heavy (non-hydrogen) atoms. The highest BCUT2D eigenvalue weighted by atomic mass is 32.2. The minimum atomic E-state index is -0.581. The predicted molar refractivity (Wildman–Crippen MR) is 92.1 cm³/mol. The van der Waals surface area contributed by atoms with Crippen molar-refractivity contribution in [3.8, 4) is 0 Å². The van der Waals surface area contributed by atoms with Crippen molar-refractivity contribution < 1.29 is 4.39 Å². The van der Waals surface area contributed by atoms with Gasteiger partial charge in [-0.1, -0.05) is 11.8 Å². The molecular formula is C15H16FN7S. The maximum atomic E-state index is 13.1. The van der Waals surface area contributed by atoms with E-state index < -0.39 is 11.4 Å². The molecule has 1 fully saturated rings. The zero-order valence-corrected chi connectivity index (χ0v) is 13.6. The molecule has 4 rings (SSSR count). The second-order valence-corrected chi connectivity index (χ2v) is 6.98. The Labute approximate surface area is 142 Å². The van der Waals surface area contributed by atoms with Crippen LogP contribution in [-0.4, -0.2) is 39.0 Å². The van der Waals surface area contributed by atoms with E-state index >= 15 is 0 Å². The number of aliphatic imine (C=N–C) groups is 1. The Bertz CT molecular complexity index is 797. The first-order valence-electron chi connectivity index (χ1n) is 7.49. The molecule has 0 amide bonds. The van der Waals surface area contributed by atoms with Gasteiger partial charge in [0.15, 0.2) is 11.0 Å². The number of rotatable bonds is 2. The smallest absolute Gasteiger partial charge is 0.225 e. The van der Waals surface area contributed by atoms with Crippen LogP contribution in [0, 0.1) is 11.7 Å². The molecule has 0 spiro atoms. The van der Waals surface area contributed by atoms with Crippen LogP contribution in [0.25, 0.3) is 0 Å². The molecule has 7 nitrogen and oxygen atoms in total. The summed E-state index contributed by atoms with van der Waals surface area (Å²) in [6.45, 7) is 1.23. The van der Waals surface area contributed by atoms with Crippen molar-refractivity contribution in [1.29, 1.82) is 0 Å². The number of hydrogen-bond donors (Lipinski definition) is 2. The summed E-state index contributed by atoms with van der Waals surface area (Å²) in [6, 6.07) is 3.59. The molecule has 0 aromatic carbocycles. The average molecular weight is 345 g/mol. The number of pyridine rings is 1. The molecule has 2 aromatic rings. The molecule has 4 N–H and O–H groups in total. The summed E-state index contributed by atoms with van der Waals surface area (Å²) in [5.41, 5.74) is 12.8. The van der Waals surface area contributed by atoms with Gasteiger partial charge in [0, 0.05) is 30.1 Å². The van der Waals surface area contributed by atoms with Crippen molar-refractivity contribution in [2.45, 2.75) is 5.54 Å². The number of fused-ring (bicyclic) bond motifs is 1. The van der Waals surface area contributed by atoms with Crippen LogP contribution >= 0.6 is 11.8 Å². The van der Waals surface area contributed by atoms with Gasteiger partial charge in [0.1, 0.15) is 5.54 Å². The predicted octanol–water partition coefficient (Wildman–Crippen LogP) is 0.986. The van der Waals surface area contributed by atoms with Gasteiger partial charge in [-0.05, 0) is 12.1 Å². The van der Waals surface area contributed by atoms with Gasteiger partial charge in [0.2, 0.25) is 5.95 Å². The van der Waals surface area contributed by atoms with Gasteiger partial charge >= 0.3 is 0 Å². The monoisotopic (exact) mass is 345 g/mol. The fourth-order valence-corrected chi connectivity index (χ4v) is 4.27. The van der Waals surface area contributed by atoms with Crippen molar-refractivity contribution in [2.75, 3.05) is 29.5 Å². The molecule has 0 aliphatic carbocycles. The lowest BCUT2D eigenvalue weighted by atomic mass is 9.85. The van der Waals surface area contributed by atoms with Crippen molar-refractivity contribution >= 4 is 28.6 Å². The third-order valence-corrected chi connectivity index (χ3v) is 5.36. The summed E-state index contributed by atoms with van der Waals surface area (Å²) in [6.07, 6.45) is 4.02. The van der Waals surface area contributed by atoms with Crippen molar-refractivity contribution in [3.63, 3.8) is 0 Å². The molecule has 1 saturated heterocycles. The van der Waals surface area contributed by atoms with Crippen molar-refractivity contribution in [1.82, 2.24) is 15.0 Å². The van der Waals surface area contributed by atoms with Crippen LogP contribution in [0.2, 0.25) is 0 Å². The van der Waals surface area contributed by atoms with E-state index in [9.17, 15) is 4.39 Å². The van der Waals surface area contributed by atoms with Crippen LogP contribution in [0.4, 0.5) is 16.0 Å². The van der Waals surface area contributed by atoms with Crippen molar-refractivity contribution in [2.24, 2.45) is 16.6 Å². The van der Waals surface area contributed by atoms with E-state index in [1.54, 1.807) is 12.3 Å². The van der Waals surface area contributed by atoms with E-state index in [4.69, 9.17) is 16.5 Å². The molecule has 2 aliphatic rings. The Morgan fingerprint density at radius 2 is 2.04 bits per heavy atom. The number of nitrogen functional groups attached to an aromatic ring is 1. The Hall–Kier alpha value is -2.42. The van der Waals surface area contributed by atoms with Gasteiger partial charge in [-0.2, -0.15) is 0 Å². The first-order valence-corrected chi connectivity index (χ1v) is 8.48. The largest absolute Gasteiger partial charge is 0.399 e. The van der Waals surface area contributed by atoms with E-state index in [-0.39, 0.29) is 5.92 Å². The number of thioether (sulfide) groups is 1. The zero-order valence-electron chi connectivity index (χ0n) is 12.8. The van der Waals surface area contributed by atoms with Crippen LogP contribution in [0.15, 0.2) is 35.7 Å². The Morgan fingerprint density at radius 3 is 2.79 bits per heavy atom. The third kappa shape index (κ3) is 2.44. The van der Waals surface area contributed by atoms with Crippen LogP contribution < -0.4 is 16.4 Å². The molecule has 2 aliphatic heterocycles. The van der Waals surface area contributed by atoms with Crippen LogP contribution in [0.1, 0.15) is 5.69 Å². The van der Waals surface area contributed by atoms with Gasteiger partial charge in [0.05, 0.1) is 24.6 Å². The van der Waals surface area contributed by atoms with E-state index in [1.165, 1.54) is 24.2 Å². The second kappa shape index (κ2) is 5.59. The standard InChI is InChI=1S/C15H16FN7S/c16-10-4-20-14(21-5-10)23-6-9-7-24-13(18)22-15(9,8-23)12-3-11(17)1-2-19-12/h1-5,9H,6-8H2,(H2,17,19)(H2,18,22). The van der Waals surface area contributed by atoms with Gasteiger partial charge in [-0.25, -0.2) is 19.4 Å². The summed E-state index contributed by atoms with van der Waals surface area (Å²) in [5.74, 6) is 1.04. The highest BCUT2D eigenvalue weighted by Gasteiger charge is 2.51. The Morgan fingerprint density at radius 1 is 1.25 bits per heavy atom. The molecule has 2 unspecified atom stereocenters. The lowest BCUT2D eigenvalue weighted by Crippen LogP contribution is -2.40. The van der Waals surface area contributed by atoms with Crippen molar-refractivity contribution in [3.05, 3.63) is 42.2 Å². The van der Waals surface area contributed by atoms with Gasteiger partial charge < -0.3 is 16.4 Å². The number of aromatic nitrogens is 3. The van der Waals surface area contributed by atoms with E-state index in [0.717, 1.165) is 11.4 Å². The van der Waals surface area contributed by atoms with Crippen LogP contribution in [0.5, 0.6) is 0 Å². The quantitative estimate of drug-likeness (QED) is 0.836. The number of nitrogens with zero attached hydrogens (tertiary/aromatic N) is 5. The lowest BCUT2D eigenvalue weighted by Gasteiger charge is -2.33. The first-order chi connectivity index (χ1) is 11.6. The average Bonchev–Trinajstić information content (AvgIpc) is 2.95. The molecule has 124 valence electrons. The number of halogens is 1. The Kier molecular flexibility index (Phi) is 3.52. The number of anilines is 2. The maximum Gasteiger partial charge on any atom is 0.225 e. The zero-order chi connectivity index (χ0) is 16.7. The van der Waals surface area contributed by atoms with Gasteiger partial charge in [0.25, 0.3) is 0 Å². The highest BCUT2D eigenvalue weighted by Crippen LogP contribution is 2.45. The lowest BCUT2D eigenvalue weighted by molar-refractivity contribution is 0.377. The molecule has 0 radical (unpaired) electrons. The van der Waals surface area contributed by atoms with Crippen LogP contribution in [0.3, 0.4) is 0 Å². The summed E-state index contributed by atoms with van der Waals surface area (Å²) in [4.78, 5) is 19.4. The second-order valence-electron chi connectivity index (χ2n) is 5.94. The summed E-state index contributed by atoms with van der Waals surface area (Å²) in [5, 5.41) is 0.539. The third-order valence-electron chi connectivity index (χ3n) is 4.41. The molecule has 9 heteroatoms. The number of hydrogen-bond acceptors (Lipinski definition) is 8. The normalized spacial score (nSPS) is 26.1. The summed E-state index contributed by atoms with van der Waals surface area (Å²) in [7, 11) is 0.